The SMILES string of the molecule is c1ccc(-c2nnc(-c3ccc(-c4nnc(-c5ccc(-c6nnn[nH]6)cc5)n4-c4ccccc4)cc3)o2)cc1. The van der Waals surface area contributed by atoms with Crippen LogP contribution in [0.15, 0.2) is 114 Å². The van der Waals surface area contributed by atoms with Gasteiger partial charge in [0.15, 0.2) is 17.5 Å². The van der Waals surface area contributed by atoms with Crippen LogP contribution in [-0.4, -0.2) is 45.6 Å². The molecular weight excluding hydrogens is 490 g/mol. The molecule has 0 aliphatic heterocycles. The summed E-state index contributed by atoms with van der Waals surface area (Å²) in [5, 5.41) is 31.6. The molecule has 0 saturated carbocycles. The first-order valence-electron chi connectivity index (χ1n) is 12.2. The van der Waals surface area contributed by atoms with Gasteiger partial charge in [0.2, 0.25) is 11.8 Å². The molecule has 7 rings (SSSR count). The maximum atomic E-state index is 5.92. The molecule has 186 valence electrons. The molecular formula is C29H19N9O. The van der Waals surface area contributed by atoms with E-state index in [1.165, 1.54) is 0 Å². The van der Waals surface area contributed by atoms with Crippen molar-refractivity contribution < 1.29 is 4.42 Å². The second-order valence-electron chi connectivity index (χ2n) is 8.70. The summed E-state index contributed by atoms with van der Waals surface area (Å²) in [7, 11) is 0. The normalized spacial score (nSPS) is 11.1. The maximum Gasteiger partial charge on any atom is 0.248 e. The number of H-pyrrole nitrogens is 1. The van der Waals surface area contributed by atoms with Crippen LogP contribution in [0.3, 0.4) is 0 Å². The van der Waals surface area contributed by atoms with Crippen LogP contribution in [0.1, 0.15) is 0 Å². The first-order valence-corrected chi connectivity index (χ1v) is 12.2. The van der Waals surface area contributed by atoms with Crippen LogP contribution in [0, 0.1) is 0 Å². The maximum absolute atomic E-state index is 5.92. The highest BCUT2D eigenvalue weighted by atomic mass is 16.4. The zero-order valence-corrected chi connectivity index (χ0v) is 20.4. The van der Waals surface area contributed by atoms with Crippen molar-refractivity contribution in [2.75, 3.05) is 0 Å². The zero-order chi connectivity index (χ0) is 26.0. The Labute approximate surface area is 222 Å². The van der Waals surface area contributed by atoms with E-state index in [4.69, 9.17) is 4.42 Å². The van der Waals surface area contributed by atoms with E-state index in [-0.39, 0.29) is 0 Å². The molecule has 7 aromatic rings. The van der Waals surface area contributed by atoms with Crippen molar-refractivity contribution >= 4 is 0 Å². The van der Waals surface area contributed by atoms with Crippen LogP contribution < -0.4 is 0 Å². The van der Waals surface area contributed by atoms with Crippen LogP contribution in [0.5, 0.6) is 0 Å². The third kappa shape index (κ3) is 4.25. The molecule has 0 fully saturated rings. The minimum atomic E-state index is 0.452. The minimum Gasteiger partial charge on any atom is -0.416 e. The number of nitrogens with one attached hydrogen (secondary N) is 1. The quantitative estimate of drug-likeness (QED) is 0.312. The zero-order valence-electron chi connectivity index (χ0n) is 20.4. The van der Waals surface area contributed by atoms with E-state index < -0.39 is 0 Å². The van der Waals surface area contributed by atoms with Crippen molar-refractivity contribution in [3.05, 3.63) is 109 Å². The van der Waals surface area contributed by atoms with E-state index >= 15 is 0 Å². The summed E-state index contributed by atoms with van der Waals surface area (Å²) in [5.41, 5.74) is 5.32. The standard InChI is InChI=1S/C29H19N9O/c1-3-7-22(8-4-1)28-34-35-29(39-28)23-17-15-21(16-18-23)27-33-32-26(38(27)24-9-5-2-6-10-24)20-13-11-19(12-14-20)25-30-36-37-31-25/h1-18H,(H,30,31,36,37). The third-order valence-corrected chi connectivity index (χ3v) is 6.28. The number of nitrogens with zero attached hydrogens (tertiary/aromatic N) is 8. The molecule has 0 unspecified atom stereocenters. The molecule has 0 atom stereocenters. The molecule has 0 aliphatic carbocycles. The molecule has 3 aromatic heterocycles. The Morgan fingerprint density at radius 2 is 1.00 bits per heavy atom. The second kappa shape index (κ2) is 9.60. The van der Waals surface area contributed by atoms with Gasteiger partial charge in [-0.25, -0.2) is 5.10 Å². The number of aromatic nitrogens is 9. The lowest BCUT2D eigenvalue weighted by Crippen LogP contribution is -2.00. The van der Waals surface area contributed by atoms with Gasteiger partial charge in [-0.3, -0.25) is 4.57 Å². The Hall–Kier alpha value is -5.77. The van der Waals surface area contributed by atoms with Gasteiger partial charge in [0, 0.05) is 33.5 Å². The monoisotopic (exact) mass is 509 g/mol. The molecule has 0 spiro atoms. The first-order chi connectivity index (χ1) is 19.3. The van der Waals surface area contributed by atoms with E-state index in [1.807, 2.05) is 114 Å². The molecule has 10 nitrogen and oxygen atoms in total. The Morgan fingerprint density at radius 3 is 1.56 bits per heavy atom. The molecule has 3 heterocycles. The average molecular weight is 510 g/mol. The van der Waals surface area contributed by atoms with Gasteiger partial charge >= 0.3 is 0 Å². The average Bonchev–Trinajstić information content (AvgIpc) is 3.80. The fourth-order valence-corrected chi connectivity index (χ4v) is 4.34. The Bertz CT molecular complexity index is 1830. The lowest BCUT2D eigenvalue weighted by atomic mass is 10.1. The van der Waals surface area contributed by atoms with Crippen molar-refractivity contribution in [2.24, 2.45) is 0 Å². The number of hydrogen-bond acceptors (Lipinski definition) is 8. The van der Waals surface area contributed by atoms with Crippen LogP contribution in [0.4, 0.5) is 0 Å². The van der Waals surface area contributed by atoms with E-state index in [1.54, 1.807) is 0 Å². The summed E-state index contributed by atoms with van der Waals surface area (Å²) >= 11 is 0. The topological polar surface area (TPSA) is 124 Å². The largest absolute Gasteiger partial charge is 0.416 e. The van der Waals surface area contributed by atoms with Crippen molar-refractivity contribution in [2.45, 2.75) is 0 Å². The van der Waals surface area contributed by atoms with Crippen molar-refractivity contribution in [3.8, 4) is 62.8 Å². The van der Waals surface area contributed by atoms with Crippen LogP contribution >= 0.6 is 0 Å². The van der Waals surface area contributed by atoms with Gasteiger partial charge in [0.05, 0.1) is 0 Å². The fraction of sp³-hybridized carbons (Fsp3) is 0. The highest BCUT2D eigenvalue weighted by molar-refractivity contribution is 5.70. The van der Waals surface area contributed by atoms with Crippen molar-refractivity contribution in [1.29, 1.82) is 0 Å². The highest BCUT2D eigenvalue weighted by Gasteiger charge is 2.18. The predicted octanol–water partition coefficient (Wildman–Crippen LogP) is 5.50. The van der Waals surface area contributed by atoms with Crippen molar-refractivity contribution in [3.63, 3.8) is 0 Å². The van der Waals surface area contributed by atoms with Gasteiger partial charge in [-0.05, 0) is 46.8 Å². The summed E-state index contributed by atoms with van der Waals surface area (Å²) < 4.78 is 7.96. The first kappa shape index (κ1) is 22.4. The molecule has 1 N–H and O–H groups in total. The number of aromatic amines is 1. The molecule has 0 radical (unpaired) electrons. The smallest absolute Gasteiger partial charge is 0.248 e. The van der Waals surface area contributed by atoms with Gasteiger partial charge in [-0.1, -0.05) is 72.8 Å². The van der Waals surface area contributed by atoms with Crippen molar-refractivity contribution in [1.82, 2.24) is 45.6 Å². The van der Waals surface area contributed by atoms with E-state index in [0.29, 0.717) is 29.3 Å². The third-order valence-electron chi connectivity index (χ3n) is 6.28. The summed E-state index contributed by atoms with van der Waals surface area (Å²) in [6, 6.07) is 35.4. The highest BCUT2D eigenvalue weighted by Crippen LogP contribution is 2.31. The lowest BCUT2D eigenvalue weighted by Gasteiger charge is -2.11. The Balaban J connectivity index is 1.25. The number of benzene rings is 4. The molecule has 39 heavy (non-hydrogen) atoms. The number of hydrogen-bond donors (Lipinski definition) is 1. The number of para-hydroxylation sites is 1. The van der Waals surface area contributed by atoms with Gasteiger partial charge in [0.25, 0.3) is 0 Å². The summed E-state index contributed by atoms with van der Waals surface area (Å²) in [4.78, 5) is 0. The Morgan fingerprint density at radius 1 is 0.487 bits per heavy atom. The minimum absolute atomic E-state index is 0.452. The molecule has 4 aromatic carbocycles. The van der Waals surface area contributed by atoms with Crippen LogP contribution in [0.2, 0.25) is 0 Å². The fourth-order valence-electron chi connectivity index (χ4n) is 4.34. The molecule has 0 amide bonds. The van der Waals surface area contributed by atoms with E-state index in [2.05, 4.69) is 41.0 Å². The van der Waals surface area contributed by atoms with Gasteiger partial charge in [-0.15, -0.1) is 25.5 Å². The summed E-state index contributed by atoms with van der Waals surface area (Å²) in [5.74, 6) is 2.96. The molecule has 10 heteroatoms. The molecule has 0 aliphatic rings. The van der Waals surface area contributed by atoms with E-state index in [9.17, 15) is 0 Å². The number of rotatable bonds is 6. The lowest BCUT2D eigenvalue weighted by molar-refractivity contribution is 0.584. The Kier molecular flexibility index (Phi) is 5.52. The number of tetrazole rings is 1. The predicted molar refractivity (Wildman–Crippen MR) is 144 cm³/mol. The molecule has 0 bridgehead atoms. The summed E-state index contributed by atoms with van der Waals surface area (Å²) in [6.45, 7) is 0. The summed E-state index contributed by atoms with van der Waals surface area (Å²) in [6.07, 6.45) is 0. The van der Waals surface area contributed by atoms with Gasteiger partial charge in [0.1, 0.15) is 0 Å². The van der Waals surface area contributed by atoms with Crippen LogP contribution in [0.25, 0.3) is 62.8 Å². The van der Waals surface area contributed by atoms with Gasteiger partial charge in [-0.2, -0.15) is 0 Å². The van der Waals surface area contributed by atoms with E-state index in [0.717, 1.165) is 33.5 Å². The van der Waals surface area contributed by atoms with Crippen LogP contribution in [-0.2, 0) is 0 Å². The molecule has 0 saturated heterocycles. The van der Waals surface area contributed by atoms with Gasteiger partial charge < -0.3 is 4.42 Å². The second-order valence-corrected chi connectivity index (χ2v) is 8.70.